The molecule has 1 fully saturated rings. The summed E-state index contributed by atoms with van der Waals surface area (Å²) in [6, 6.07) is 4.68. The van der Waals surface area contributed by atoms with Gasteiger partial charge < -0.3 is 14.6 Å². The number of aryl methyl sites for hydroxylation is 1. The molecule has 1 unspecified atom stereocenters. The van der Waals surface area contributed by atoms with Gasteiger partial charge in [-0.15, -0.1) is 0 Å². The van der Waals surface area contributed by atoms with Gasteiger partial charge in [0.2, 0.25) is 0 Å². The van der Waals surface area contributed by atoms with Gasteiger partial charge in [-0.25, -0.2) is 4.39 Å². The number of methoxy groups -OCH3 is 1. The Morgan fingerprint density at radius 1 is 1.39 bits per heavy atom. The van der Waals surface area contributed by atoms with Gasteiger partial charge in [0.1, 0.15) is 17.5 Å². The summed E-state index contributed by atoms with van der Waals surface area (Å²) in [5, 5.41) is 10.5. The number of aliphatic hydroxyl groups is 1. The van der Waals surface area contributed by atoms with E-state index in [0.717, 1.165) is 0 Å². The zero-order chi connectivity index (χ0) is 13.2. The molecule has 0 bridgehead atoms. The largest absolute Gasteiger partial charge is 0.385 e. The first kappa shape index (κ1) is 13.5. The van der Waals surface area contributed by atoms with Crippen LogP contribution in [-0.4, -0.2) is 31.0 Å². The van der Waals surface area contributed by atoms with Crippen molar-refractivity contribution in [3.8, 4) is 0 Å². The number of halogens is 1. The van der Waals surface area contributed by atoms with Gasteiger partial charge in [-0.1, -0.05) is 12.1 Å². The number of hydrogen-bond donors (Lipinski definition) is 1. The maximum Gasteiger partial charge on any atom is 0.126 e. The van der Waals surface area contributed by atoms with E-state index in [1.54, 1.807) is 26.2 Å². The third-order valence-electron chi connectivity index (χ3n) is 3.74. The topological polar surface area (TPSA) is 38.7 Å². The number of ether oxygens (including phenoxy) is 2. The van der Waals surface area contributed by atoms with Crippen molar-refractivity contribution >= 4 is 0 Å². The second-order valence-electron chi connectivity index (χ2n) is 4.79. The van der Waals surface area contributed by atoms with Crippen molar-refractivity contribution in [2.45, 2.75) is 31.5 Å². The lowest BCUT2D eigenvalue weighted by atomic mass is 9.84. The van der Waals surface area contributed by atoms with Gasteiger partial charge in [0.15, 0.2) is 0 Å². The average molecular weight is 254 g/mol. The molecule has 2 rings (SSSR count). The maximum absolute atomic E-state index is 13.2. The monoisotopic (exact) mass is 254 g/mol. The van der Waals surface area contributed by atoms with Gasteiger partial charge in [-0.05, 0) is 24.1 Å². The molecule has 0 spiro atoms. The molecule has 0 saturated carbocycles. The highest BCUT2D eigenvalue weighted by atomic mass is 19.1. The fourth-order valence-corrected chi connectivity index (χ4v) is 2.45. The van der Waals surface area contributed by atoms with E-state index in [2.05, 4.69) is 0 Å². The molecule has 1 saturated heterocycles. The highest BCUT2D eigenvalue weighted by Crippen LogP contribution is 2.37. The third-order valence-corrected chi connectivity index (χ3v) is 3.74. The Morgan fingerprint density at radius 3 is 2.61 bits per heavy atom. The van der Waals surface area contributed by atoms with E-state index in [1.807, 2.05) is 0 Å². The molecule has 0 aromatic heterocycles. The zero-order valence-corrected chi connectivity index (χ0v) is 10.8. The highest BCUT2D eigenvalue weighted by molar-refractivity contribution is 5.27. The Bertz CT molecular complexity index is 414. The van der Waals surface area contributed by atoms with E-state index in [0.29, 0.717) is 37.2 Å². The first-order valence-electron chi connectivity index (χ1n) is 6.16. The molecule has 1 aliphatic rings. The van der Waals surface area contributed by atoms with Crippen LogP contribution in [0, 0.1) is 12.7 Å². The highest BCUT2D eigenvalue weighted by Gasteiger charge is 2.40. The summed E-state index contributed by atoms with van der Waals surface area (Å²) in [4.78, 5) is 0. The zero-order valence-electron chi connectivity index (χ0n) is 10.8. The van der Waals surface area contributed by atoms with Crippen LogP contribution in [0.5, 0.6) is 0 Å². The Hall–Kier alpha value is -0.970. The molecule has 0 radical (unpaired) electrons. The van der Waals surface area contributed by atoms with E-state index >= 15 is 0 Å². The lowest BCUT2D eigenvalue weighted by Crippen LogP contribution is -2.43. The summed E-state index contributed by atoms with van der Waals surface area (Å²) in [5.41, 5.74) is 0.602. The number of hydrogen-bond acceptors (Lipinski definition) is 3. The molecular formula is C14H19FO3. The van der Waals surface area contributed by atoms with Crippen LogP contribution in [0.25, 0.3) is 0 Å². The summed E-state index contributed by atoms with van der Waals surface area (Å²) in [6.07, 6.45) is 0.521. The van der Waals surface area contributed by atoms with Gasteiger partial charge in [0.25, 0.3) is 0 Å². The molecule has 1 aliphatic heterocycles. The summed E-state index contributed by atoms with van der Waals surface area (Å²) < 4.78 is 24.1. The second kappa shape index (κ2) is 5.34. The summed E-state index contributed by atoms with van der Waals surface area (Å²) in [6.45, 7) is 2.84. The third kappa shape index (κ3) is 2.41. The number of benzene rings is 1. The summed E-state index contributed by atoms with van der Waals surface area (Å²) in [5.74, 6) is -0.260. The van der Waals surface area contributed by atoms with Crippen LogP contribution in [0.4, 0.5) is 4.39 Å². The average Bonchev–Trinajstić information content (AvgIpc) is 2.42. The van der Waals surface area contributed by atoms with Crippen molar-refractivity contribution < 1.29 is 19.0 Å². The van der Waals surface area contributed by atoms with Crippen molar-refractivity contribution in [2.24, 2.45) is 0 Å². The molecule has 3 nitrogen and oxygen atoms in total. The molecule has 1 atom stereocenters. The van der Waals surface area contributed by atoms with Crippen LogP contribution in [0.2, 0.25) is 0 Å². The number of aliphatic hydroxyl groups excluding tert-OH is 1. The smallest absolute Gasteiger partial charge is 0.126 e. The first-order chi connectivity index (χ1) is 8.59. The molecular weight excluding hydrogens is 235 g/mol. The number of rotatable bonds is 3. The molecule has 100 valence electrons. The molecule has 0 amide bonds. The Kier molecular flexibility index (Phi) is 4.00. The van der Waals surface area contributed by atoms with Crippen LogP contribution in [0.3, 0.4) is 0 Å². The molecule has 1 aromatic rings. The molecule has 0 aliphatic carbocycles. The molecule has 1 aromatic carbocycles. The van der Waals surface area contributed by atoms with Crippen molar-refractivity contribution in [1.82, 2.24) is 0 Å². The standard InChI is InChI=1S/C14H19FO3/c1-10-9-11(3-4-12(10)15)13(16)14(17-2)5-7-18-8-6-14/h3-4,9,13,16H,5-8H2,1-2H3. The fraction of sp³-hybridized carbons (Fsp3) is 0.571. The minimum atomic E-state index is -0.759. The predicted molar refractivity (Wildman–Crippen MR) is 65.9 cm³/mol. The van der Waals surface area contributed by atoms with Crippen LogP contribution >= 0.6 is 0 Å². The minimum absolute atomic E-state index is 0.260. The molecule has 1 N–H and O–H groups in total. The van der Waals surface area contributed by atoms with E-state index in [9.17, 15) is 9.50 Å². The lowest BCUT2D eigenvalue weighted by molar-refractivity contribution is -0.154. The van der Waals surface area contributed by atoms with Gasteiger partial charge in [-0.3, -0.25) is 0 Å². The summed E-state index contributed by atoms with van der Waals surface area (Å²) in [7, 11) is 1.60. The first-order valence-corrected chi connectivity index (χ1v) is 6.16. The van der Waals surface area contributed by atoms with E-state index in [-0.39, 0.29) is 5.82 Å². The van der Waals surface area contributed by atoms with E-state index in [4.69, 9.17) is 9.47 Å². The quantitative estimate of drug-likeness (QED) is 0.900. The van der Waals surface area contributed by atoms with Gasteiger partial charge in [0.05, 0.1) is 0 Å². The maximum atomic E-state index is 13.2. The Balaban J connectivity index is 2.27. The fourth-order valence-electron chi connectivity index (χ4n) is 2.45. The van der Waals surface area contributed by atoms with E-state index in [1.165, 1.54) is 6.07 Å². The van der Waals surface area contributed by atoms with Crippen molar-refractivity contribution in [3.63, 3.8) is 0 Å². The molecule has 4 heteroatoms. The Labute approximate surface area is 107 Å². The van der Waals surface area contributed by atoms with Gasteiger partial charge in [-0.2, -0.15) is 0 Å². The van der Waals surface area contributed by atoms with Gasteiger partial charge in [0, 0.05) is 33.2 Å². The lowest BCUT2D eigenvalue weighted by Gasteiger charge is -2.39. The van der Waals surface area contributed by atoms with Crippen LogP contribution in [-0.2, 0) is 9.47 Å². The summed E-state index contributed by atoms with van der Waals surface area (Å²) >= 11 is 0. The predicted octanol–water partition coefficient (Wildman–Crippen LogP) is 2.36. The SMILES string of the molecule is COC1(C(O)c2ccc(F)c(C)c2)CCOCC1. The van der Waals surface area contributed by atoms with Crippen LogP contribution in [0.15, 0.2) is 18.2 Å². The van der Waals surface area contributed by atoms with Crippen LogP contribution in [0.1, 0.15) is 30.1 Å². The normalized spacial score (nSPS) is 20.7. The Morgan fingerprint density at radius 2 is 2.06 bits per heavy atom. The van der Waals surface area contributed by atoms with Crippen molar-refractivity contribution in [2.75, 3.05) is 20.3 Å². The molecule has 1 heterocycles. The molecule has 18 heavy (non-hydrogen) atoms. The van der Waals surface area contributed by atoms with Crippen molar-refractivity contribution in [1.29, 1.82) is 0 Å². The van der Waals surface area contributed by atoms with E-state index < -0.39 is 11.7 Å². The van der Waals surface area contributed by atoms with Gasteiger partial charge >= 0.3 is 0 Å². The second-order valence-corrected chi connectivity index (χ2v) is 4.79. The minimum Gasteiger partial charge on any atom is -0.385 e. The van der Waals surface area contributed by atoms with Crippen molar-refractivity contribution in [3.05, 3.63) is 35.1 Å². The van der Waals surface area contributed by atoms with Crippen LogP contribution < -0.4 is 0 Å².